The molecule has 21 heavy (non-hydrogen) atoms. The van der Waals surface area contributed by atoms with Crippen LogP contribution in [0.1, 0.15) is 19.4 Å². The van der Waals surface area contributed by atoms with Crippen molar-refractivity contribution in [3.8, 4) is 11.1 Å². The lowest BCUT2D eigenvalue weighted by molar-refractivity contribution is 0.589. The standard InChI is InChI=1S/C19H20N2/c1-14(2)21-13-17-6-3-4-8-18(17)16-10-9-15-7-5-11-20-19(15)12-16/h3-12,14,21H,13H2,1-2H3. The van der Waals surface area contributed by atoms with Crippen molar-refractivity contribution in [3.63, 3.8) is 0 Å². The van der Waals surface area contributed by atoms with Crippen LogP contribution >= 0.6 is 0 Å². The average Bonchev–Trinajstić information content (AvgIpc) is 2.52. The van der Waals surface area contributed by atoms with Gasteiger partial charge in [-0.25, -0.2) is 0 Å². The van der Waals surface area contributed by atoms with E-state index in [2.05, 4.69) is 72.7 Å². The zero-order valence-corrected chi connectivity index (χ0v) is 12.5. The van der Waals surface area contributed by atoms with Crippen LogP contribution < -0.4 is 5.32 Å². The van der Waals surface area contributed by atoms with E-state index in [4.69, 9.17) is 0 Å². The summed E-state index contributed by atoms with van der Waals surface area (Å²) in [6.07, 6.45) is 1.85. The van der Waals surface area contributed by atoms with Crippen molar-refractivity contribution in [3.05, 3.63) is 66.4 Å². The van der Waals surface area contributed by atoms with Gasteiger partial charge in [-0.2, -0.15) is 0 Å². The van der Waals surface area contributed by atoms with Gasteiger partial charge >= 0.3 is 0 Å². The van der Waals surface area contributed by atoms with Crippen molar-refractivity contribution < 1.29 is 0 Å². The fraction of sp³-hybridized carbons (Fsp3) is 0.211. The monoisotopic (exact) mass is 276 g/mol. The molecule has 0 unspecified atom stereocenters. The van der Waals surface area contributed by atoms with E-state index in [9.17, 15) is 0 Å². The summed E-state index contributed by atoms with van der Waals surface area (Å²) >= 11 is 0. The Morgan fingerprint density at radius 2 is 1.86 bits per heavy atom. The second-order valence-corrected chi connectivity index (χ2v) is 5.60. The van der Waals surface area contributed by atoms with E-state index in [1.807, 2.05) is 12.3 Å². The summed E-state index contributed by atoms with van der Waals surface area (Å²) in [5.41, 5.74) is 4.86. The minimum atomic E-state index is 0.483. The van der Waals surface area contributed by atoms with Gasteiger partial charge in [0.1, 0.15) is 0 Å². The molecule has 0 aliphatic rings. The van der Waals surface area contributed by atoms with E-state index >= 15 is 0 Å². The first-order valence-electron chi connectivity index (χ1n) is 7.40. The first kappa shape index (κ1) is 13.8. The predicted octanol–water partition coefficient (Wildman–Crippen LogP) is 4.40. The molecule has 1 aromatic heterocycles. The summed E-state index contributed by atoms with van der Waals surface area (Å²) in [4.78, 5) is 4.46. The number of nitrogens with one attached hydrogen (secondary N) is 1. The molecule has 0 radical (unpaired) electrons. The third-order valence-corrected chi connectivity index (χ3v) is 3.64. The molecule has 2 heteroatoms. The van der Waals surface area contributed by atoms with Crippen LogP contribution in [0.4, 0.5) is 0 Å². The Balaban J connectivity index is 2.01. The fourth-order valence-corrected chi connectivity index (χ4v) is 2.50. The Morgan fingerprint density at radius 1 is 1.00 bits per heavy atom. The number of rotatable bonds is 4. The molecule has 0 saturated heterocycles. The molecule has 0 aliphatic carbocycles. The molecule has 2 aromatic carbocycles. The van der Waals surface area contributed by atoms with E-state index in [1.54, 1.807) is 0 Å². The molecule has 0 aliphatic heterocycles. The third kappa shape index (κ3) is 3.11. The molecule has 0 fully saturated rings. The smallest absolute Gasteiger partial charge is 0.0708 e. The maximum absolute atomic E-state index is 4.46. The Bertz CT molecular complexity index is 747. The number of hydrogen-bond acceptors (Lipinski definition) is 2. The van der Waals surface area contributed by atoms with Crippen LogP contribution in [-0.4, -0.2) is 11.0 Å². The van der Waals surface area contributed by atoms with Gasteiger partial charge in [-0.05, 0) is 28.8 Å². The summed E-state index contributed by atoms with van der Waals surface area (Å²) in [7, 11) is 0. The van der Waals surface area contributed by atoms with Gasteiger partial charge in [0, 0.05) is 24.2 Å². The fourth-order valence-electron chi connectivity index (χ4n) is 2.50. The third-order valence-electron chi connectivity index (χ3n) is 3.64. The summed E-state index contributed by atoms with van der Waals surface area (Å²) in [5, 5.41) is 4.67. The van der Waals surface area contributed by atoms with Crippen molar-refractivity contribution in [1.29, 1.82) is 0 Å². The molecule has 3 rings (SSSR count). The van der Waals surface area contributed by atoms with Gasteiger partial charge < -0.3 is 5.32 Å². The highest BCUT2D eigenvalue weighted by molar-refractivity contribution is 5.84. The second-order valence-electron chi connectivity index (χ2n) is 5.60. The van der Waals surface area contributed by atoms with Gasteiger partial charge in [0.15, 0.2) is 0 Å². The Hall–Kier alpha value is -2.19. The summed E-state index contributed by atoms with van der Waals surface area (Å²) in [6.45, 7) is 5.22. The number of aromatic nitrogens is 1. The van der Waals surface area contributed by atoms with E-state index in [-0.39, 0.29) is 0 Å². The molecular formula is C19H20N2. The zero-order chi connectivity index (χ0) is 14.7. The number of pyridine rings is 1. The molecule has 0 spiro atoms. The number of fused-ring (bicyclic) bond motifs is 1. The second kappa shape index (κ2) is 6.06. The highest BCUT2D eigenvalue weighted by Crippen LogP contribution is 2.26. The van der Waals surface area contributed by atoms with Crippen LogP contribution in [0.25, 0.3) is 22.0 Å². The quantitative estimate of drug-likeness (QED) is 0.764. The first-order valence-corrected chi connectivity index (χ1v) is 7.40. The van der Waals surface area contributed by atoms with Crippen molar-refractivity contribution in [2.24, 2.45) is 0 Å². The molecular weight excluding hydrogens is 256 g/mol. The van der Waals surface area contributed by atoms with E-state index in [0.717, 1.165) is 12.1 Å². The normalized spacial score (nSPS) is 11.2. The molecule has 0 atom stereocenters. The SMILES string of the molecule is CC(C)NCc1ccccc1-c1ccc2cccnc2c1. The van der Waals surface area contributed by atoms with Gasteiger partial charge in [0.25, 0.3) is 0 Å². The maximum Gasteiger partial charge on any atom is 0.0708 e. The van der Waals surface area contributed by atoms with Gasteiger partial charge in [-0.3, -0.25) is 4.98 Å². The minimum absolute atomic E-state index is 0.483. The summed E-state index contributed by atoms with van der Waals surface area (Å²) in [6, 6.07) is 19.6. The lowest BCUT2D eigenvalue weighted by atomic mass is 9.98. The minimum Gasteiger partial charge on any atom is -0.310 e. The van der Waals surface area contributed by atoms with Gasteiger partial charge in [-0.15, -0.1) is 0 Å². The van der Waals surface area contributed by atoms with E-state index < -0.39 is 0 Å². The van der Waals surface area contributed by atoms with E-state index in [1.165, 1.54) is 22.1 Å². The summed E-state index contributed by atoms with van der Waals surface area (Å²) < 4.78 is 0. The molecule has 0 amide bonds. The van der Waals surface area contributed by atoms with Gasteiger partial charge in [0.05, 0.1) is 5.52 Å². The largest absolute Gasteiger partial charge is 0.310 e. The molecule has 1 N–H and O–H groups in total. The molecule has 2 nitrogen and oxygen atoms in total. The van der Waals surface area contributed by atoms with Crippen LogP contribution in [0.5, 0.6) is 0 Å². The van der Waals surface area contributed by atoms with Crippen LogP contribution in [0.15, 0.2) is 60.8 Å². The van der Waals surface area contributed by atoms with E-state index in [0.29, 0.717) is 6.04 Å². The lowest BCUT2D eigenvalue weighted by Crippen LogP contribution is -2.22. The topological polar surface area (TPSA) is 24.9 Å². The Kier molecular flexibility index (Phi) is 3.98. The highest BCUT2D eigenvalue weighted by atomic mass is 14.9. The zero-order valence-electron chi connectivity index (χ0n) is 12.5. The van der Waals surface area contributed by atoms with Crippen LogP contribution in [-0.2, 0) is 6.54 Å². The maximum atomic E-state index is 4.46. The van der Waals surface area contributed by atoms with Gasteiger partial charge in [-0.1, -0.05) is 56.3 Å². The molecule has 0 bridgehead atoms. The first-order chi connectivity index (χ1) is 10.2. The molecule has 0 saturated carbocycles. The van der Waals surface area contributed by atoms with Crippen molar-refractivity contribution in [1.82, 2.24) is 10.3 Å². The lowest BCUT2D eigenvalue weighted by Gasteiger charge is -2.13. The molecule has 106 valence electrons. The van der Waals surface area contributed by atoms with Crippen LogP contribution in [0.3, 0.4) is 0 Å². The number of nitrogens with zero attached hydrogens (tertiary/aromatic N) is 1. The Morgan fingerprint density at radius 3 is 2.71 bits per heavy atom. The van der Waals surface area contributed by atoms with Crippen molar-refractivity contribution in [2.75, 3.05) is 0 Å². The van der Waals surface area contributed by atoms with Crippen molar-refractivity contribution >= 4 is 10.9 Å². The van der Waals surface area contributed by atoms with Crippen LogP contribution in [0, 0.1) is 0 Å². The summed E-state index contributed by atoms with van der Waals surface area (Å²) in [5.74, 6) is 0. The van der Waals surface area contributed by atoms with Crippen LogP contribution in [0.2, 0.25) is 0 Å². The molecule has 1 heterocycles. The number of hydrogen-bond donors (Lipinski definition) is 1. The average molecular weight is 276 g/mol. The number of benzene rings is 2. The van der Waals surface area contributed by atoms with Gasteiger partial charge in [0.2, 0.25) is 0 Å². The molecule has 3 aromatic rings. The predicted molar refractivity (Wildman–Crippen MR) is 89.2 cm³/mol. The highest BCUT2D eigenvalue weighted by Gasteiger charge is 2.06. The van der Waals surface area contributed by atoms with Crippen molar-refractivity contribution in [2.45, 2.75) is 26.4 Å². The Labute approximate surface area is 125 Å².